The van der Waals surface area contributed by atoms with E-state index in [9.17, 15) is 4.79 Å². The van der Waals surface area contributed by atoms with Crippen LogP contribution in [0, 0.1) is 0 Å². The monoisotopic (exact) mass is 243 g/mol. The highest BCUT2D eigenvalue weighted by molar-refractivity contribution is 9.10. The van der Waals surface area contributed by atoms with Gasteiger partial charge in [-0.1, -0.05) is 6.07 Å². The summed E-state index contributed by atoms with van der Waals surface area (Å²) >= 11 is 3.27. The Labute approximate surface area is 85.6 Å². The van der Waals surface area contributed by atoms with Crippen molar-refractivity contribution < 1.29 is 9.53 Å². The van der Waals surface area contributed by atoms with Crippen LogP contribution in [0.1, 0.15) is 10.4 Å². The molecule has 0 N–H and O–H groups in total. The first-order valence-corrected chi connectivity index (χ1v) is 4.44. The zero-order valence-corrected chi connectivity index (χ0v) is 9.04. The molecular weight excluding hydrogens is 234 g/mol. The highest BCUT2D eigenvalue weighted by Crippen LogP contribution is 2.17. The van der Waals surface area contributed by atoms with Gasteiger partial charge >= 0.3 is 5.97 Å². The zero-order valence-electron chi connectivity index (χ0n) is 7.45. The van der Waals surface area contributed by atoms with Crippen LogP contribution < -0.4 is 3.93 Å². The number of nitrogens with zero attached hydrogens (tertiary/aromatic N) is 1. The third-order valence-electron chi connectivity index (χ3n) is 1.62. The Bertz CT molecular complexity index is 312. The fraction of sp³-hybridized carbons (Fsp3) is 0.222. The quantitative estimate of drug-likeness (QED) is 0.590. The van der Waals surface area contributed by atoms with Gasteiger partial charge in [-0.15, -0.1) is 0 Å². The molecule has 0 saturated heterocycles. The first kappa shape index (κ1) is 10.1. The van der Waals surface area contributed by atoms with E-state index in [1.165, 1.54) is 7.11 Å². The smallest absolute Gasteiger partial charge is 0.337 e. The van der Waals surface area contributed by atoms with Crippen LogP contribution in [0.15, 0.2) is 24.3 Å². The van der Waals surface area contributed by atoms with E-state index in [0.717, 1.165) is 5.69 Å². The summed E-state index contributed by atoms with van der Waals surface area (Å²) in [5.74, 6) is -0.323. The Morgan fingerprint density at radius 2 is 2.23 bits per heavy atom. The van der Waals surface area contributed by atoms with Crippen molar-refractivity contribution in [2.75, 3.05) is 18.1 Å². The second-order valence-electron chi connectivity index (χ2n) is 2.52. The number of anilines is 1. The van der Waals surface area contributed by atoms with Crippen molar-refractivity contribution in [1.82, 2.24) is 0 Å². The molecule has 0 radical (unpaired) electrons. The van der Waals surface area contributed by atoms with Crippen LogP contribution in [0.25, 0.3) is 0 Å². The minimum Gasteiger partial charge on any atom is -0.465 e. The average molecular weight is 244 g/mol. The highest BCUT2D eigenvalue weighted by atomic mass is 79.9. The number of hydrogen-bond acceptors (Lipinski definition) is 3. The predicted octanol–water partition coefficient (Wildman–Crippen LogP) is 2.22. The molecule has 0 aliphatic carbocycles. The molecule has 0 aliphatic rings. The van der Waals surface area contributed by atoms with Gasteiger partial charge in [0.05, 0.1) is 12.7 Å². The molecule has 0 bridgehead atoms. The van der Waals surface area contributed by atoms with E-state index in [2.05, 4.69) is 20.9 Å². The number of carbonyl (C=O) groups excluding carboxylic acids is 1. The normalized spacial score (nSPS) is 9.46. The van der Waals surface area contributed by atoms with E-state index in [1.807, 2.05) is 13.1 Å². The largest absolute Gasteiger partial charge is 0.465 e. The molecule has 13 heavy (non-hydrogen) atoms. The van der Waals surface area contributed by atoms with Crippen LogP contribution in [-0.2, 0) is 4.74 Å². The Morgan fingerprint density at radius 3 is 2.77 bits per heavy atom. The molecule has 3 nitrogen and oxygen atoms in total. The van der Waals surface area contributed by atoms with Gasteiger partial charge in [0.2, 0.25) is 0 Å². The minimum atomic E-state index is -0.323. The standard InChI is InChI=1S/C9H10BrNO2/c1-11(10)8-5-3-4-7(6-8)9(12)13-2/h3-6H,1-2H3. The summed E-state index contributed by atoms with van der Waals surface area (Å²) in [7, 11) is 3.21. The van der Waals surface area contributed by atoms with Crippen molar-refractivity contribution in [3.63, 3.8) is 0 Å². The van der Waals surface area contributed by atoms with E-state index in [1.54, 1.807) is 22.1 Å². The Hall–Kier alpha value is -1.03. The summed E-state index contributed by atoms with van der Waals surface area (Å²) in [6.07, 6.45) is 0. The minimum absolute atomic E-state index is 0.323. The third-order valence-corrected chi connectivity index (χ3v) is 2.03. The maximum Gasteiger partial charge on any atom is 0.337 e. The van der Waals surface area contributed by atoms with Crippen molar-refractivity contribution in [1.29, 1.82) is 0 Å². The molecule has 1 aromatic carbocycles. The second-order valence-corrected chi connectivity index (χ2v) is 3.58. The summed E-state index contributed by atoms with van der Waals surface area (Å²) in [5, 5.41) is 0. The Morgan fingerprint density at radius 1 is 1.54 bits per heavy atom. The van der Waals surface area contributed by atoms with Crippen LogP contribution >= 0.6 is 16.1 Å². The molecule has 1 rings (SSSR count). The maximum absolute atomic E-state index is 11.1. The molecule has 1 aromatic rings. The molecule has 0 aromatic heterocycles. The van der Waals surface area contributed by atoms with Gasteiger partial charge in [0.1, 0.15) is 0 Å². The highest BCUT2D eigenvalue weighted by Gasteiger charge is 2.06. The molecule has 70 valence electrons. The van der Waals surface area contributed by atoms with E-state index < -0.39 is 0 Å². The number of rotatable bonds is 2. The van der Waals surface area contributed by atoms with E-state index in [-0.39, 0.29) is 5.97 Å². The molecule has 0 fully saturated rings. The number of methoxy groups -OCH3 is 1. The molecule has 0 amide bonds. The fourth-order valence-corrected chi connectivity index (χ4v) is 1.16. The van der Waals surface area contributed by atoms with Gasteiger partial charge in [0.25, 0.3) is 0 Å². The molecule has 0 heterocycles. The number of esters is 1. The number of hydrogen-bond donors (Lipinski definition) is 0. The lowest BCUT2D eigenvalue weighted by atomic mass is 10.2. The van der Waals surface area contributed by atoms with Crippen molar-refractivity contribution in [2.45, 2.75) is 0 Å². The zero-order chi connectivity index (χ0) is 9.84. The summed E-state index contributed by atoms with van der Waals surface area (Å²) in [6, 6.07) is 7.16. The summed E-state index contributed by atoms with van der Waals surface area (Å²) in [4.78, 5) is 11.1. The van der Waals surface area contributed by atoms with Crippen molar-refractivity contribution in [3.8, 4) is 0 Å². The SMILES string of the molecule is COC(=O)c1cccc(N(C)Br)c1. The van der Waals surface area contributed by atoms with E-state index in [0.29, 0.717) is 5.56 Å². The molecule has 0 unspecified atom stereocenters. The van der Waals surface area contributed by atoms with Crippen molar-refractivity contribution >= 4 is 27.8 Å². The summed E-state index contributed by atoms with van der Waals surface area (Å²) < 4.78 is 6.35. The van der Waals surface area contributed by atoms with Gasteiger partial charge in [0.15, 0.2) is 0 Å². The molecule has 0 saturated carbocycles. The first-order valence-electron chi connectivity index (χ1n) is 3.73. The predicted molar refractivity (Wildman–Crippen MR) is 55.1 cm³/mol. The van der Waals surface area contributed by atoms with Crippen LogP contribution in [0.5, 0.6) is 0 Å². The first-order chi connectivity index (χ1) is 6.15. The Balaban J connectivity index is 2.98. The molecule has 0 atom stereocenters. The van der Waals surface area contributed by atoms with Crippen LogP contribution in [0.2, 0.25) is 0 Å². The summed E-state index contributed by atoms with van der Waals surface area (Å²) in [5.41, 5.74) is 1.45. The maximum atomic E-state index is 11.1. The van der Waals surface area contributed by atoms with Gasteiger partial charge in [-0.25, -0.2) is 4.79 Å². The lowest BCUT2D eigenvalue weighted by Gasteiger charge is -2.09. The third kappa shape index (κ3) is 2.45. The molecular formula is C9H10BrNO2. The van der Waals surface area contributed by atoms with Crippen molar-refractivity contribution in [3.05, 3.63) is 29.8 Å². The molecule has 0 aliphatic heterocycles. The van der Waals surface area contributed by atoms with Gasteiger partial charge in [-0.2, -0.15) is 0 Å². The lowest BCUT2D eigenvalue weighted by Crippen LogP contribution is -2.04. The lowest BCUT2D eigenvalue weighted by molar-refractivity contribution is 0.0601. The number of benzene rings is 1. The number of halogens is 1. The van der Waals surface area contributed by atoms with Crippen LogP contribution in [0.4, 0.5) is 5.69 Å². The number of carbonyl (C=O) groups is 1. The topological polar surface area (TPSA) is 29.5 Å². The van der Waals surface area contributed by atoms with Gasteiger partial charge in [-0.05, 0) is 18.2 Å². The number of ether oxygens (including phenoxy) is 1. The van der Waals surface area contributed by atoms with Gasteiger partial charge in [-0.3, -0.25) is 0 Å². The second kappa shape index (κ2) is 4.28. The Kier molecular flexibility index (Phi) is 3.31. The van der Waals surface area contributed by atoms with Gasteiger partial charge < -0.3 is 8.66 Å². The fourth-order valence-electron chi connectivity index (χ4n) is 0.942. The molecule has 0 spiro atoms. The molecule has 4 heteroatoms. The van der Waals surface area contributed by atoms with E-state index in [4.69, 9.17) is 0 Å². The summed E-state index contributed by atoms with van der Waals surface area (Å²) in [6.45, 7) is 0. The van der Waals surface area contributed by atoms with Crippen molar-refractivity contribution in [2.24, 2.45) is 0 Å². The van der Waals surface area contributed by atoms with Gasteiger partial charge in [0, 0.05) is 28.9 Å². The van der Waals surface area contributed by atoms with Crippen LogP contribution in [-0.4, -0.2) is 20.1 Å². The van der Waals surface area contributed by atoms with E-state index >= 15 is 0 Å². The van der Waals surface area contributed by atoms with Crippen LogP contribution in [0.3, 0.4) is 0 Å². The average Bonchev–Trinajstić information content (AvgIpc) is 2.17.